The number of hydrogen-bond acceptors (Lipinski definition) is 4. The van der Waals surface area contributed by atoms with Crippen LogP contribution in [0.5, 0.6) is 17.2 Å². The lowest BCUT2D eigenvalue weighted by Crippen LogP contribution is -2.40. The summed E-state index contributed by atoms with van der Waals surface area (Å²) in [6, 6.07) is 11.2. The Kier molecular flexibility index (Phi) is 4.82. The molecule has 1 aliphatic rings. The fourth-order valence-corrected chi connectivity index (χ4v) is 2.66. The van der Waals surface area contributed by atoms with Crippen molar-refractivity contribution in [1.82, 2.24) is 0 Å². The molecule has 0 spiro atoms. The molecule has 1 unspecified atom stereocenters. The van der Waals surface area contributed by atoms with E-state index in [0.717, 1.165) is 13.2 Å². The van der Waals surface area contributed by atoms with Crippen LogP contribution in [0.2, 0.25) is 5.02 Å². The number of methoxy groups -OCH3 is 1. The third-order valence-corrected chi connectivity index (χ3v) is 3.91. The Bertz CT molecular complexity index is 863. The first-order valence-corrected chi connectivity index (χ1v) is 7.77. The van der Waals surface area contributed by atoms with Crippen molar-refractivity contribution in [3.8, 4) is 17.2 Å². The van der Waals surface area contributed by atoms with Gasteiger partial charge in [0.1, 0.15) is 11.5 Å². The van der Waals surface area contributed by atoms with Crippen LogP contribution >= 0.6 is 11.6 Å². The standard InChI is InChI=1S/C18H12ClF3O4/c1-24-17(23)12-9-11-14(26-16(12)18(20,21)22)8-7-13(19)15(11)25-10-5-3-2-4-6-10/h2-9,16H,1H3. The number of halogens is 4. The van der Waals surface area contributed by atoms with Crippen LogP contribution in [0.1, 0.15) is 5.56 Å². The van der Waals surface area contributed by atoms with Crippen LogP contribution in [-0.2, 0) is 9.53 Å². The van der Waals surface area contributed by atoms with Gasteiger partial charge in [0, 0.05) is 0 Å². The molecular formula is C18H12ClF3O4. The summed E-state index contributed by atoms with van der Waals surface area (Å²) in [6.07, 6.45) is -6.20. The quantitative estimate of drug-likeness (QED) is 0.698. The Morgan fingerprint density at radius 3 is 2.46 bits per heavy atom. The number of benzene rings is 2. The van der Waals surface area contributed by atoms with Gasteiger partial charge in [0.25, 0.3) is 0 Å². The minimum Gasteiger partial charge on any atom is -0.475 e. The molecular weight excluding hydrogens is 373 g/mol. The average molecular weight is 385 g/mol. The molecule has 1 aliphatic heterocycles. The molecule has 4 nitrogen and oxygen atoms in total. The molecule has 0 fully saturated rings. The lowest BCUT2D eigenvalue weighted by Gasteiger charge is -2.28. The van der Waals surface area contributed by atoms with Crippen molar-refractivity contribution < 1.29 is 32.2 Å². The minimum absolute atomic E-state index is 0.0809. The number of rotatable bonds is 3. The fraction of sp³-hybridized carbons (Fsp3) is 0.167. The molecule has 0 radical (unpaired) electrons. The first-order valence-electron chi connectivity index (χ1n) is 7.40. The van der Waals surface area contributed by atoms with Gasteiger partial charge in [-0.1, -0.05) is 29.8 Å². The van der Waals surface area contributed by atoms with Gasteiger partial charge in [-0.2, -0.15) is 13.2 Å². The van der Waals surface area contributed by atoms with Gasteiger partial charge in [0.05, 0.1) is 23.3 Å². The van der Waals surface area contributed by atoms with Crippen LogP contribution in [0.4, 0.5) is 13.2 Å². The maximum Gasteiger partial charge on any atom is 0.430 e. The molecule has 0 amide bonds. The minimum atomic E-state index is -4.79. The maximum atomic E-state index is 13.3. The van der Waals surface area contributed by atoms with E-state index >= 15 is 0 Å². The predicted molar refractivity (Wildman–Crippen MR) is 88.4 cm³/mol. The van der Waals surface area contributed by atoms with Crippen molar-refractivity contribution in [3.05, 3.63) is 58.6 Å². The van der Waals surface area contributed by atoms with Crippen LogP contribution in [0.25, 0.3) is 6.08 Å². The monoisotopic (exact) mass is 384 g/mol. The largest absolute Gasteiger partial charge is 0.475 e. The van der Waals surface area contributed by atoms with Crippen molar-refractivity contribution in [2.45, 2.75) is 12.3 Å². The van der Waals surface area contributed by atoms with Crippen LogP contribution in [-0.4, -0.2) is 25.4 Å². The molecule has 0 bridgehead atoms. The highest BCUT2D eigenvalue weighted by Gasteiger charge is 2.49. The number of alkyl halides is 3. The topological polar surface area (TPSA) is 44.8 Å². The van der Waals surface area contributed by atoms with Crippen molar-refractivity contribution in [3.63, 3.8) is 0 Å². The molecule has 1 atom stereocenters. The van der Waals surface area contributed by atoms with E-state index in [2.05, 4.69) is 4.74 Å². The predicted octanol–water partition coefficient (Wildman–Crippen LogP) is 5.01. The Labute approximate surface area is 151 Å². The molecule has 2 aromatic carbocycles. The van der Waals surface area contributed by atoms with Gasteiger partial charge in [-0.3, -0.25) is 0 Å². The Morgan fingerprint density at radius 2 is 1.85 bits per heavy atom. The second-order valence-corrected chi connectivity index (χ2v) is 5.74. The second-order valence-electron chi connectivity index (χ2n) is 5.33. The van der Waals surface area contributed by atoms with E-state index in [9.17, 15) is 18.0 Å². The highest BCUT2D eigenvalue weighted by Crippen LogP contribution is 2.45. The maximum absolute atomic E-state index is 13.3. The Balaban J connectivity index is 2.12. The van der Waals surface area contributed by atoms with E-state index in [1.165, 1.54) is 12.1 Å². The van der Waals surface area contributed by atoms with Crippen molar-refractivity contribution in [1.29, 1.82) is 0 Å². The summed E-state index contributed by atoms with van der Waals surface area (Å²) >= 11 is 6.15. The van der Waals surface area contributed by atoms with Gasteiger partial charge in [-0.05, 0) is 30.3 Å². The van der Waals surface area contributed by atoms with Crippen LogP contribution in [0.15, 0.2) is 48.0 Å². The van der Waals surface area contributed by atoms with Crippen LogP contribution in [0, 0.1) is 0 Å². The highest BCUT2D eigenvalue weighted by atomic mass is 35.5. The van der Waals surface area contributed by atoms with Gasteiger partial charge in [-0.25, -0.2) is 4.79 Å². The molecule has 0 saturated carbocycles. The summed E-state index contributed by atoms with van der Waals surface area (Å²) in [6.45, 7) is 0. The van der Waals surface area contributed by atoms with Crippen molar-refractivity contribution in [2.24, 2.45) is 0 Å². The van der Waals surface area contributed by atoms with E-state index in [4.69, 9.17) is 21.1 Å². The van der Waals surface area contributed by atoms with Crippen LogP contribution in [0.3, 0.4) is 0 Å². The van der Waals surface area contributed by atoms with E-state index in [-0.39, 0.29) is 22.1 Å². The number of carbonyl (C=O) groups excluding carboxylic acids is 1. The van der Waals surface area contributed by atoms with Gasteiger partial charge >= 0.3 is 12.1 Å². The molecule has 26 heavy (non-hydrogen) atoms. The Hall–Kier alpha value is -2.67. The lowest BCUT2D eigenvalue weighted by atomic mass is 10.0. The molecule has 3 rings (SSSR count). The third kappa shape index (κ3) is 3.48. The number of esters is 1. The Morgan fingerprint density at radius 1 is 1.15 bits per heavy atom. The number of ether oxygens (including phenoxy) is 3. The number of para-hydroxylation sites is 1. The molecule has 0 saturated heterocycles. The summed E-state index contributed by atoms with van der Waals surface area (Å²) in [5.41, 5.74) is -0.560. The smallest absolute Gasteiger partial charge is 0.430 e. The molecule has 1 heterocycles. The van der Waals surface area contributed by atoms with Crippen molar-refractivity contribution >= 4 is 23.6 Å². The number of fused-ring (bicyclic) bond motifs is 1. The molecule has 0 N–H and O–H groups in total. The first kappa shape index (κ1) is 18.1. The lowest BCUT2D eigenvalue weighted by molar-refractivity contribution is -0.187. The van der Waals surface area contributed by atoms with E-state index < -0.39 is 23.8 Å². The average Bonchev–Trinajstić information content (AvgIpc) is 2.62. The van der Waals surface area contributed by atoms with Crippen LogP contribution < -0.4 is 9.47 Å². The molecule has 8 heteroatoms. The summed E-state index contributed by atoms with van der Waals surface area (Å²) in [4.78, 5) is 11.8. The zero-order valence-corrected chi connectivity index (χ0v) is 14.1. The van der Waals surface area contributed by atoms with Gasteiger partial charge in [0.15, 0.2) is 5.75 Å². The third-order valence-electron chi connectivity index (χ3n) is 3.62. The number of hydrogen-bond donors (Lipinski definition) is 0. The van der Waals surface area contributed by atoms with E-state index in [1.807, 2.05) is 0 Å². The molecule has 136 valence electrons. The molecule has 0 aromatic heterocycles. The zero-order valence-electron chi connectivity index (χ0n) is 13.3. The highest BCUT2D eigenvalue weighted by molar-refractivity contribution is 6.32. The number of carbonyl (C=O) groups is 1. The van der Waals surface area contributed by atoms with Gasteiger partial charge in [0.2, 0.25) is 6.10 Å². The van der Waals surface area contributed by atoms with E-state index in [0.29, 0.717) is 5.75 Å². The zero-order chi connectivity index (χ0) is 18.9. The molecule has 0 aliphatic carbocycles. The summed E-state index contributed by atoms with van der Waals surface area (Å²) < 4.78 is 55.0. The SMILES string of the molecule is COC(=O)C1=Cc2c(ccc(Cl)c2Oc2ccccc2)OC1C(F)(F)F. The summed E-state index contributed by atoms with van der Waals surface area (Å²) in [5.74, 6) is -0.745. The van der Waals surface area contributed by atoms with E-state index in [1.54, 1.807) is 30.3 Å². The normalized spacial score (nSPS) is 16.2. The summed E-state index contributed by atoms with van der Waals surface area (Å²) in [7, 11) is 0.992. The first-order chi connectivity index (χ1) is 12.3. The van der Waals surface area contributed by atoms with Gasteiger partial charge in [-0.15, -0.1) is 0 Å². The summed E-state index contributed by atoms with van der Waals surface area (Å²) in [5, 5.41) is 0.155. The molecule has 2 aromatic rings. The van der Waals surface area contributed by atoms with Gasteiger partial charge < -0.3 is 14.2 Å². The fourth-order valence-electron chi connectivity index (χ4n) is 2.45. The second kappa shape index (κ2) is 6.92. The van der Waals surface area contributed by atoms with Crippen molar-refractivity contribution in [2.75, 3.05) is 7.11 Å².